The molecule has 0 saturated heterocycles. The molecule has 3 rings (SSSR count). The Morgan fingerprint density at radius 1 is 1.00 bits per heavy atom. The lowest BCUT2D eigenvalue weighted by Crippen LogP contribution is -2.14. The van der Waals surface area contributed by atoms with Crippen LogP contribution in [0.1, 0.15) is 33.0 Å². The highest BCUT2D eigenvalue weighted by Gasteiger charge is 2.16. The summed E-state index contributed by atoms with van der Waals surface area (Å²) in [5.74, 6) is -3.05. The summed E-state index contributed by atoms with van der Waals surface area (Å²) in [4.78, 5) is 40.0. The number of anilines is 1. The first kappa shape index (κ1) is 22.6. The number of aromatic nitrogens is 1. The van der Waals surface area contributed by atoms with Crippen LogP contribution < -0.4 is 5.32 Å². The van der Waals surface area contributed by atoms with Crippen LogP contribution in [0.5, 0.6) is 0 Å². The van der Waals surface area contributed by atoms with E-state index < -0.39 is 29.5 Å². The van der Waals surface area contributed by atoms with Crippen LogP contribution in [0.15, 0.2) is 47.0 Å². The average molecular weight is 444 g/mol. The van der Waals surface area contributed by atoms with Crippen LogP contribution in [0, 0.1) is 11.6 Å². The molecule has 3 aromatic rings. The van der Waals surface area contributed by atoms with Gasteiger partial charge in [0.2, 0.25) is 5.91 Å². The van der Waals surface area contributed by atoms with Crippen molar-refractivity contribution in [3.63, 3.8) is 0 Å². The van der Waals surface area contributed by atoms with Gasteiger partial charge in [-0.1, -0.05) is 0 Å². The largest absolute Gasteiger partial charge is 0.465 e. The van der Waals surface area contributed by atoms with E-state index in [1.54, 1.807) is 0 Å². The van der Waals surface area contributed by atoms with Crippen LogP contribution in [0.4, 0.5) is 14.5 Å². The molecule has 2 aromatic carbocycles. The second kappa shape index (κ2) is 9.82. The molecule has 1 amide bonds. The minimum atomic E-state index is -0.794. The predicted octanol–water partition coefficient (Wildman–Crippen LogP) is 3.76. The first-order valence-electron chi connectivity index (χ1n) is 9.32. The lowest BCUT2D eigenvalue weighted by Gasteiger charge is -2.09. The number of carbonyl (C=O) groups excluding carboxylic acids is 3. The van der Waals surface area contributed by atoms with Crippen LogP contribution in [-0.4, -0.2) is 37.0 Å². The number of hydrogen-bond acceptors (Lipinski definition) is 7. The van der Waals surface area contributed by atoms with Crippen LogP contribution in [0.2, 0.25) is 0 Å². The zero-order valence-corrected chi connectivity index (χ0v) is 17.1. The second-order valence-electron chi connectivity index (χ2n) is 6.57. The molecule has 0 spiro atoms. The highest BCUT2D eigenvalue weighted by molar-refractivity contribution is 5.99. The van der Waals surface area contributed by atoms with Crippen molar-refractivity contribution in [3.05, 3.63) is 71.2 Å². The van der Waals surface area contributed by atoms with Gasteiger partial charge in [0.05, 0.1) is 37.1 Å². The molecule has 0 fully saturated rings. The number of rotatable bonds is 7. The summed E-state index contributed by atoms with van der Waals surface area (Å²) >= 11 is 0. The number of esters is 2. The Labute approximate surface area is 181 Å². The maximum atomic E-state index is 13.9. The SMILES string of the molecule is COC(=O)c1cc(NC(=O)CCc2ncc(-c3ccc(F)cc3F)o2)cc(C(=O)OC)c1. The Morgan fingerprint density at radius 3 is 2.25 bits per heavy atom. The summed E-state index contributed by atoms with van der Waals surface area (Å²) in [5.41, 5.74) is 0.359. The number of aryl methyl sites for hydroxylation is 1. The molecule has 0 atom stereocenters. The Kier molecular flexibility index (Phi) is 6.93. The quantitative estimate of drug-likeness (QED) is 0.553. The molecule has 0 bridgehead atoms. The average Bonchev–Trinajstić information content (AvgIpc) is 3.25. The number of oxazole rings is 1. The number of halogens is 2. The fourth-order valence-corrected chi connectivity index (χ4v) is 2.85. The lowest BCUT2D eigenvalue weighted by molar-refractivity contribution is -0.116. The molecule has 0 unspecified atom stereocenters. The molecule has 10 heteroatoms. The van der Waals surface area contributed by atoms with Crippen molar-refractivity contribution in [2.75, 3.05) is 19.5 Å². The highest BCUT2D eigenvalue weighted by atomic mass is 19.1. The monoisotopic (exact) mass is 444 g/mol. The predicted molar refractivity (Wildman–Crippen MR) is 108 cm³/mol. The van der Waals surface area contributed by atoms with E-state index in [4.69, 9.17) is 4.42 Å². The molecule has 166 valence electrons. The molecule has 1 N–H and O–H groups in total. The summed E-state index contributed by atoms with van der Waals surface area (Å²) in [6, 6.07) is 7.06. The summed E-state index contributed by atoms with van der Waals surface area (Å²) in [6.07, 6.45) is 1.32. The molecule has 0 aliphatic carbocycles. The number of amides is 1. The van der Waals surface area contributed by atoms with E-state index >= 15 is 0 Å². The number of carbonyl (C=O) groups is 3. The molecule has 1 heterocycles. The zero-order chi connectivity index (χ0) is 23.3. The number of ether oxygens (including phenoxy) is 2. The third-order valence-electron chi connectivity index (χ3n) is 4.38. The van der Waals surface area contributed by atoms with E-state index in [2.05, 4.69) is 19.8 Å². The highest BCUT2D eigenvalue weighted by Crippen LogP contribution is 2.25. The smallest absolute Gasteiger partial charge is 0.337 e. The van der Waals surface area contributed by atoms with Crippen LogP contribution in [0.3, 0.4) is 0 Å². The summed E-state index contributed by atoms with van der Waals surface area (Å²) < 4.78 is 41.7. The van der Waals surface area contributed by atoms with E-state index in [1.807, 2.05) is 0 Å². The Morgan fingerprint density at radius 2 is 1.66 bits per heavy atom. The van der Waals surface area contributed by atoms with E-state index in [0.717, 1.165) is 12.1 Å². The van der Waals surface area contributed by atoms with Crippen LogP contribution in [0.25, 0.3) is 11.3 Å². The van der Waals surface area contributed by atoms with Crippen molar-refractivity contribution >= 4 is 23.5 Å². The van der Waals surface area contributed by atoms with Gasteiger partial charge in [-0.3, -0.25) is 4.79 Å². The Bertz CT molecular complexity index is 1140. The number of hydrogen-bond donors (Lipinski definition) is 1. The number of methoxy groups -OCH3 is 2. The maximum Gasteiger partial charge on any atom is 0.337 e. The standard InChI is InChI=1S/C22H18F2N2O6/c1-30-21(28)12-7-13(22(29)31-2)9-15(8-12)26-19(27)5-6-20-25-11-18(32-20)16-4-3-14(23)10-17(16)24/h3-4,7-11H,5-6H2,1-2H3,(H,26,27). The fraction of sp³-hybridized carbons (Fsp3) is 0.182. The van der Waals surface area contributed by atoms with Crippen molar-refractivity contribution in [1.29, 1.82) is 0 Å². The normalized spacial score (nSPS) is 10.5. The fourth-order valence-electron chi connectivity index (χ4n) is 2.85. The summed E-state index contributed by atoms with van der Waals surface area (Å²) in [5, 5.41) is 2.58. The Hall–Kier alpha value is -4.08. The van der Waals surface area contributed by atoms with Gasteiger partial charge >= 0.3 is 11.9 Å². The van der Waals surface area contributed by atoms with Crippen molar-refractivity contribution in [2.45, 2.75) is 12.8 Å². The van der Waals surface area contributed by atoms with E-state index in [9.17, 15) is 23.2 Å². The topological polar surface area (TPSA) is 108 Å². The first-order valence-corrected chi connectivity index (χ1v) is 9.32. The summed E-state index contributed by atoms with van der Waals surface area (Å²) in [7, 11) is 2.38. The van der Waals surface area contributed by atoms with Gasteiger partial charge in [-0.25, -0.2) is 23.4 Å². The molecular weight excluding hydrogens is 426 g/mol. The van der Waals surface area contributed by atoms with Crippen molar-refractivity contribution in [1.82, 2.24) is 4.98 Å². The van der Waals surface area contributed by atoms with Crippen molar-refractivity contribution < 1.29 is 37.1 Å². The van der Waals surface area contributed by atoms with Gasteiger partial charge in [-0.05, 0) is 30.3 Å². The van der Waals surface area contributed by atoms with Crippen molar-refractivity contribution in [2.24, 2.45) is 0 Å². The molecule has 0 aliphatic rings. The van der Waals surface area contributed by atoms with Crippen LogP contribution >= 0.6 is 0 Å². The van der Waals surface area contributed by atoms with Gasteiger partial charge in [0.25, 0.3) is 0 Å². The molecular formula is C22H18F2N2O6. The van der Waals surface area contributed by atoms with Crippen LogP contribution in [-0.2, 0) is 20.7 Å². The van der Waals surface area contributed by atoms with Gasteiger partial charge in [0.15, 0.2) is 11.7 Å². The lowest BCUT2D eigenvalue weighted by atomic mass is 10.1. The molecule has 8 nitrogen and oxygen atoms in total. The van der Waals surface area contributed by atoms with E-state index in [1.165, 1.54) is 44.7 Å². The molecule has 0 saturated carbocycles. The maximum absolute atomic E-state index is 13.9. The van der Waals surface area contributed by atoms with Gasteiger partial charge in [-0.2, -0.15) is 0 Å². The Balaban J connectivity index is 1.68. The molecule has 32 heavy (non-hydrogen) atoms. The zero-order valence-electron chi connectivity index (χ0n) is 17.1. The minimum absolute atomic E-state index is 0.0459. The first-order chi connectivity index (χ1) is 15.3. The number of nitrogens with zero attached hydrogens (tertiary/aromatic N) is 1. The molecule has 0 aliphatic heterocycles. The number of benzene rings is 2. The second-order valence-corrected chi connectivity index (χ2v) is 6.57. The minimum Gasteiger partial charge on any atom is -0.465 e. The van der Waals surface area contributed by atoms with Gasteiger partial charge in [0.1, 0.15) is 11.6 Å². The van der Waals surface area contributed by atoms with Gasteiger partial charge in [-0.15, -0.1) is 0 Å². The van der Waals surface area contributed by atoms with E-state index in [0.29, 0.717) is 0 Å². The summed E-state index contributed by atoms with van der Waals surface area (Å²) in [6.45, 7) is 0. The van der Waals surface area contributed by atoms with Gasteiger partial charge < -0.3 is 19.2 Å². The number of nitrogens with one attached hydrogen (secondary N) is 1. The van der Waals surface area contributed by atoms with E-state index in [-0.39, 0.29) is 46.9 Å². The van der Waals surface area contributed by atoms with Crippen molar-refractivity contribution in [3.8, 4) is 11.3 Å². The third kappa shape index (κ3) is 5.34. The third-order valence-corrected chi connectivity index (χ3v) is 4.38. The van der Waals surface area contributed by atoms with Gasteiger partial charge in [0, 0.05) is 24.6 Å². The molecule has 1 aromatic heterocycles. The molecule has 0 radical (unpaired) electrons.